The summed E-state index contributed by atoms with van der Waals surface area (Å²) in [7, 11) is 0. The maximum atomic E-state index is 12.0. The van der Waals surface area contributed by atoms with Gasteiger partial charge in [0.1, 0.15) is 6.54 Å². The van der Waals surface area contributed by atoms with Crippen molar-refractivity contribution in [2.24, 2.45) is 0 Å². The van der Waals surface area contributed by atoms with Gasteiger partial charge in [-0.15, -0.1) is 5.10 Å². The smallest absolute Gasteiger partial charge is 0.311 e. The van der Waals surface area contributed by atoms with Crippen molar-refractivity contribution in [3.63, 3.8) is 0 Å². The summed E-state index contributed by atoms with van der Waals surface area (Å²) in [6.07, 6.45) is 2.69. The lowest BCUT2D eigenvalue weighted by molar-refractivity contribution is -0.142. The van der Waals surface area contributed by atoms with Crippen LogP contribution < -0.4 is 0 Å². The van der Waals surface area contributed by atoms with Crippen molar-refractivity contribution >= 4 is 11.8 Å². The van der Waals surface area contributed by atoms with E-state index in [0.29, 0.717) is 25.1 Å². The van der Waals surface area contributed by atoms with Gasteiger partial charge >= 0.3 is 5.97 Å². The molecule has 0 unspecified atom stereocenters. The number of Topliss-reactive ketones (excluding diaryl/α,β-unsaturated/α-hetero) is 1. The van der Waals surface area contributed by atoms with Crippen molar-refractivity contribution in [3.05, 3.63) is 47.8 Å². The maximum Gasteiger partial charge on any atom is 0.311 e. The van der Waals surface area contributed by atoms with E-state index in [1.165, 1.54) is 10.9 Å². The fraction of sp³-hybridized carbons (Fsp3) is 0.375. The van der Waals surface area contributed by atoms with E-state index in [4.69, 9.17) is 4.74 Å². The van der Waals surface area contributed by atoms with E-state index in [2.05, 4.69) is 10.3 Å². The largest absolute Gasteiger partial charge is 0.466 e. The molecule has 0 bridgehead atoms. The Morgan fingerprint density at radius 3 is 2.73 bits per heavy atom. The van der Waals surface area contributed by atoms with Gasteiger partial charge < -0.3 is 4.74 Å². The lowest BCUT2D eigenvalue weighted by Crippen LogP contribution is -2.17. The Hall–Kier alpha value is -2.50. The van der Waals surface area contributed by atoms with Crippen molar-refractivity contribution in [1.82, 2.24) is 15.0 Å². The van der Waals surface area contributed by atoms with Gasteiger partial charge in [-0.2, -0.15) is 0 Å². The van der Waals surface area contributed by atoms with Crippen LogP contribution in [0, 0.1) is 0 Å². The van der Waals surface area contributed by atoms with E-state index in [0.717, 1.165) is 5.56 Å². The second kappa shape index (κ2) is 8.07. The van der Waals surface area contributed by atoms with Gasteiger partial charge in [0.05, 0.1) is 24.9 Å². The standard InChI is InChI=1S/C16H19N3O3/c1-2-22-16(21)10-14-11-17-18-19(14)12-15(20)9-8-13-6-4-3-5-7-13/h3-7,11H,2,8-10,12H2,1H3. The van der Waals surface area contributed by atoms with Gasteiger partial charge in [0, 0.05) is 6.42 Å². The van der Waals surface area contributed by atoms with Gasteiger partial charge in [-0.25, -0.2) is 4.68 Å². The van der Waals surface area contributed by atoms with E-state index in [-0.39, 0.29) is 24.7 Å². The summed E-state index contributed by atoms with van der Waals surface area (Å²) in [4.78, 5) is 23.5. The summed E-state index contributed by atoms with van der Waals surface area (Å²) in [6, 6.07) is 9.84. The lowest BCUT2D eigenvalue weighted by Gasteiger charge is -2.06. The molecule has 2 rings (SSSR count). The normalized spacial score (nSPS) is 10.4. The maximum absolute atomic E-state index is 12.0. The molecule has 1 heterocycles. The van der Waals surface area contributed by atoms with Crippen LogP contribution in [0.5, 0.6) is 0 Å². The molecule has 0 fully saturated rings. The zero-order chi connectivity index (χ0) is 15.8. The molecule has 0 aliphatic heterocycles. The van der Waals surface area contributed by atoms with Crippen LogP contribution in [0.2, 0.25) is 0 Å². The molecule has 116 valence electrons. The minimum absolute atomic E-state index is 0.0551. The van der Waals surface area contributed by atoms with Crippen molar-refractivity contribution in [2.45, 2.75) is 32.7 Å². The quantitative estimate of drug-likeness (QED) is 0.692. The van der Waals surface area contributed by atoms with Crippen LogP contribution in [0.25, 0.3) is 0 Å². The third-order valence-electron chi connectivity index (χ3n) is 3.19. The fourth-order valence-electron chi connectivity index (χ4n) is 2.08. The minimum Gasteiger partial charge on any atom is -0.466 e. The van der Waals surface area contributed by atoms with Gasteiger partial charge in [-0.3, -0.25) is 9.59 Å². The Balaban J connectivity index is 1.86. The Labute approximate surface area is 129 Å². The summed E-state index contributed by atoms with van der Waals surface area (Å²) < 4.78 is 6.35. The zero-order valence-electron chi connectivity index (χ0n) is 12.6. The molecule has 0 aliphatic carbocycles. The third kappa shape index (κ3) is 4.80. The molecule has 0 atom stereocenters. The van der Waals surface area contributed by atoms with Crippen molar-refractivity contribution in [3.8, 4) is 0 Å². The fourth-order valence-corrected chi connectivity index (χ4v) is 2.08. The van der Waals surface area contributed by atoms with E-state index in [1.807, 2.05) is 30.3 Å². The van der Waals surface area contributed by atoms with Gasteiger partial charge in [0.25, 0.3) is 0 Å². The Morgan fingerprint density at radius 1 is 1.23 bits per heavy atom. The van der Waals surface area contributed by atoms with Crippen LogP contribution in [0.1, 0.15) is 24.6 Å². The Morgan fingerprint density at radius 2 is 2.00 bits per heavy atom. The molecule has 0 N–H and O–H groups in total. The van der Waals surface area contributed by atoms with Crippen molar-refractivity contribution in [1.29, 1.82) is 0 Å². The van der Waals surface area contributed by atoms with E-state index in [1.54, 1.807) is 6.92 Å². The van der Waals surface area contributed by atoms with Crippen LogP contribution in [0.15, 0.2) is 36.5 Å². The molecular weight excluding hydrogens is 282 g/mol. The topological polar surface area (TPSA) is 74.1 Å². The highest BCUT2D eigenvalue weighted by Gasteiger charge is 2.13. The molecule has 22 heavy (non-hydrogen) atoms. The first-order valence-corrected chi connectivity index (χ1v) is 7.27. The minimum atomic E-state index is -0.345. The highest BCUT2D eigenvalue weighted by Crippen LogP contribution is 2.05. The molecule has 0 amide bonds. The van der Waals surface area contributed by atoms with E-state index in [9.17, 15) is 9.59 Å². The van der Waals surface area contributed by atoms with E-state index < -0.39 is 0 Å². The van der Waals surface area contributed by atoms with Crippen molar-refractivity contribution < 1.29 is 14.3 Å². The second-order valence-electron chi connectivity index (χ2n) is 4.89. The molecule has 6 nitrogen and oxygen atoms in total. The summed E-state index contributed by atoms with van der Waals surface area (Å²) in [5, 5.41) is 7.62. The van der Waals surface area contributed by atoms with Gasteiger partial charge in [-0.05, 0) is 18.9 Å². The summed E-state index contributed by atoms with van der Waals surface area (Å²) in [6.45, 7) is 2.21. The van der Waals surface area contributed by atoms with E-state index >= 15 is 0 Å². The number of carbonyl (C=O) groups is 2. The number of ketones is 1. The molecular formula is C16H19N3O3. The Kier molecular flexibility index (Phi) is 5.82. The van der Waals surface area contributed by atoms with Crippen LogP contribution in [-0.2, 0) is 33.7 Å². The van der Waals surface area contributed by atoms with Crippen LogP contribution in [0.4, 0.5) is 0 Å². The molecule has 1 aromatic carbocycles. The van der Waals surface area contributed by atoms with Crippen molar-refractivity contribution in [2.75, 3.05) is 6.61 Å². The number of aryl methyl sites for hydroxylation is 1. The summed E-state index contributed by atoms with van der Waals surface area (Å²) in [5.41, 5.74) is 1.72. The average Bonchev–Trinajstić information content (AvgIpc) is 2.93. The second-order valence-corrected chi connectivity index (χ2v) is 4.89. The number of hydrogen-bond donors (Lipinski definition) is 0. The van der Waals surface area contributed by atoms with Crippen LogP contribution >= 0.6 is 0 Å². The number of rotatable bonds is 8. The number of carbonyl (C=O) groups excluding carboxylic acids is 2. The highest BCUT2D eigenvalue weighted by atomic mass is 16.5. The first-order valence-electron chi connectivity index (χ1n) is 7.27. The average molecular weight is 301 g/mol. The third-order valence-corrected chi connectivity index (χ3v) is 3.19. The number of ether oxygens (including phenoxy) is 1. The molecule has 6 heteroatoms. The first-order chi connectivity index (χ1) is 10.7. The molecule has 0 radical (unpaired) electrons. The number of benzene rings is 1. The molecule has 0 saturated heterocycles. The summed E-state index contributed by atoms with van der Waals surface area (Å²) in [5.74, 6) is -0.290. The number of aromatic nitrogens is 3. The van der Waals surface area contributed by atoms with Crippen LogP contribution in [-0.4, -0.2) is 33.4 Å². The predicted octanol–water partition coefficient (Wildman–Crippen LogP) is 1.59. The SMILES string of the molecule is CCOC(=O)Cc1cnnn1CC(=O)CCc1ccccc1. The zero-order valence-corrected chi connectivity index (χ0v) is 12.6. The molecule has 2 aromatic rings. The lowest BCUT2D eigenvalue weighted by atomic mass is 10.1. The predicted molar refractivity (Wildman–Crippen MR) is 80.1 cm³/mol. The number of hydrogen-bond acceptors (Lipinski definition) is 5. The number of nitrogens with zero attached hydrogens (tertiary/aromatic N) is 3. The Bertz CT molecular complexity index is 623. The van der Waals surface area contributed by atoms with Gasteiger partial charge in [0.2, 0.25) is 0 Å². The van der Waals surface area contributed by atoms with Gasteiger partial charge in [-0.1, -0.05) is 35.5 Å². The molecule has 0 aliphatic rings. The molecule has 1 aromatic heterocycles. The summed E-state index contributed by atoms with van der Waals surface area (Å²) >= 11 is 0. The first kappa shape index (κ1) is 15.9. The number of esters is 1. The molecule has 0 saturated carbocycles. The molecule has 0 spiro atoms. The van der Waals surface area contributed by atoms with Gasteiger partial charge in [0.15, 0.2) is 5.78 Å². The van der Waals surface area contributed by atoms with Crippen LogP contribution in [0.3, 0.4) is 0 Å². The highest BCUT2D eigenvalue weighted by molar-refractivity contribution is 5.78. The monoisotopic (exact) mass is 301 g/mol.